The third kappa shape index (κ3) is 4.97. The molecule has 5 nitrogen and oxygen atoms in total. The molecule has 1 amide bonds. The normalized spacial score (nSPS) is 14.1. The van der Waals surface area contributed by atoms with Gasteiger partial charge in [0.25, 0.3) is 0 Å². The summed E-state index contributed by atoms with van der Waals surface area (Å²) in [6.07, 6.45) is 8.27. The van der Waals surface area contributed by atoms with E-state index in [0.29, 0.717) is 5.75 Å². The van der Waals surface area contributed by atoms with Crippen LogP contribution in [0.25, 0.3) is 11.4 Å². The van der Waals surface area contributed by atoms with E-state index in [0.717, 1.165) is 36.1 Å². The van der Waals surface area contributed by atoms with Crippen molar-refractivity contribution >= 4 is 17.7 Å². The number of amides is 1. The minimum atomic E-state index is 0.0540. The molecule has 3 rings (SSSR count). The van der Waals surface area contributed by atoms with Gasteiger partial charge in [-0.05, 0) is 39.0 Å². The van der Waals surface area contributed by atoms with Crippen molar-refractivity contribution in [3.8, 4) is 11.4 Å². The van der Waals surface area contributed by atoms with Crippen molar-refractivity contribution in [2.75, 3.05) is 12.3 Å². The minimum absolute atomic E-state index is 0.0540. The third-order valence-corrected chi connectivity index (χ3v) is 5.52. The monoisotopic (exact) mass is 370 g/mol. The van der Waals surface area contributed by atoms with Crippen molar-refractivity contribution < 1.29 is 4.79 Å². The smallest absolute Gasteiger partial charge is 0.230 e. The van der Waals surface area contributed by atoms with Crippen LogP contribution in [0.4, 0.5) is 0 Å². The van der Waals surface area contributed by atoms with E-state index in [9.17, 15) is 4.79 Å². The molecule has 1 aromatic heterocycles. The summed E-state index contributed by atoms with van der Waals surface area (Å²) in [6.45, 7) is 3.56. The highest BCUT2D eigenvalue weighted by Gasteiger charge is 2.14. The fourth-order valence-electron chi connectivity index (χ4n) is 3.16. The molecule has 0 unspecified atom stereocenters. The van der Waals surface area contributed by atoms with E-state index in [1.165, 1.54) is 43.0 Å². The lowest BCUT2D eigenvalue weighted by Crippen LogP contribution is -2.26. The van der Waals surface area contributed by atoms with Crippen molar-refractivity contribution in [2.45, 2.75) is 50.7 Å². The van der Waals surface area contributed by atoms with Crippen LogP contribution in [0.5, 0.6) is 0 Å². The summed E-state index contributed by atoms with van der Waals surface area (Å²) in [5, 5.41) is 12.4. The van der Waals surface area contributed by atoms with E-state index in [4.69, 9.17) is 0 Å². The molecule has 0 saturated carbocycles. The zero-order valence-electron chi connectivity index (χ0n) is 15.3. The molecule has 138 valence electrons. The molecule has 1 aromatic carbocycles. The van der Waals surface area contributed by atoms with Crippen LogP contribution in [0.15, 0.2) is 47.1 Å². The number of hydrogen-bond acceptors (Lipinski definition) is 4. The summed E-state index contributed by atoms with van der Waals surface area (Å²) < 4.78 is 2.06. The van der Waals surface area contributed by atoms with Crippen LogP contribution in [0.2, 0.25) is 0 Å². The van der Waals surface area contributed by atoms with E-state index < -0.39 is 0 Å². The van der Waals surface area contributed by atoms with Crippen molar-refractivity contribution in [3.05, 3.63) is 42.0 Å². The average Bonchev–Trinajstić information content (AvgIpc) is 3.11. The number of carbonyl (C=O) groups excluding carboxylic acids is 1. The van der Waals surface area contributed by atoms with Gasteiger partial charge in [0, 0.05) is 18.7 Å². The molecule has 0 fully saturated rings. The predicted octanol–water partition coefficient (Wildman–Crippen LogP) is 4.06. The Kier molecular flexibility index (Phi) is 6.89. The molecule has 1 heterocycles. The maximum Gasteiger partial charge on any atom is 0.230 e. The van der Waals surface area contributed by atoms with Crippen molar-refractivity contribution in [3.63, 3.8) is 0 Å². The quantitative estimate of drug-likeness (QED) is 0.562. The lowest BCUT2D eigenvalue weighted by molar-refractivity contribution is -0.118. The van der Waals surface area contributed by atoms with Gasteiger partial charge < -0.3 is 9.88 Å². The van der Waals surface area contributed by atoms with Crippen LogP contribution < -0.4 is 5.32 Å². The first-order valence-electron chi connectivity index (χ1n) is 9.34. The molecule has 0 saturated heterocycles. The number of carbonyl (C=O) groups is 1. The van der Waals surface area contributed by atoms with Crippen LogP contribution in [-0.4, -0.2) is 33.0 Å². The number of benzene rings is 1. The topological polar surface area (TPSA) is 59.8 Å². The lowest BCUT2D eigenvalue weighted by atomic mass is 9.97. The number of allylic oxidation sites excluding steroid dienone is 1. The number of thioether (sulfide) groups is 1. The Labute approximate surface area is 159 Å². The number of rotatable bonds is 8. The lowest BCUT2D eigenvalue weighted by Gasteiger charge is -2.13. The first-order valence-corrected chi connectivity index (χ1v) is 10.3. The van der Waals surface area contributed by atoms with Gasteiger partial charge in [-0.15, -0.1) is 10.2 Å². The van der Waals surface area contributed by atoms with Gasteiger partial charge in [0.2, 0.25) is 5.91 Å². The summed E-state index contributed by atoms with van der Waals surface area (Å²) in [4.78, 5) is 12.1. The number of nitrogens with zero attached hydrogens (tertiary/aromatic N) is 3. The minimum Gasteiger partial charge on any atom is -0.355 e. The number of aromatic nitrogens is 3. The molecule has 26 heavy (non-hydrogen) atoms. The molecular formula is C20H26N4OS. The highest BCUT2D eigenvalue weighted by Crippen LogP contribution is 2.23. The fourth-order valence-corrected chi connectivity index (χ4v) is 3.99. The second-order valence-electron chi connectivity index (χ2n) is 6.41. The highest BCUT2D eigenvalue weighted by atomic mass is 32.2. The average molecular weight is 371 g/mol. The summed E-state index contributed by atoms with van der Waals surface area (Å²) >= 11 is 1.44. The van der Waals surface area contributed by atoms with E-state index in [1.807, 2.05) is 30.3 Å². The molecule has 1 aliphatic rings. The predicted molar refractivity (Wildman–Crippen MR) is 106 cm³/mol. The maximum absolute atomic E-state index is 12.1. The Morgan fingerprint density at radius 1 is 1.23 bits per heavy atom. The second kappa shape index (κ2) is 9.57. The number of hydrogen-bond donors (Lipinski definition) is 1. The Hall–Kier alpha value is -2.08. The SMILES string of the molecule is CCn1c(SCC(=O)NCCC2=CCCCC2)nnc1-c1ccccc1. The molecule has 0 atom stereocenters. The Morgan fingerprint density at radius 3 is 2.81 bits per heavy atom. The first-order chi connectivity index (χ1) is 12.8. The standard InChI is InChI=1S/C20H26N4OS/c1-2-24-19(17-11-7-4-8-12-17)22-23-20(24)26-15-18(25)21-14-13-16-9-5-3-6-10-16/h4,7-9,11-12H,2-3,5-6,10,13-15H2,1H3,(H,21,25). The van der Waals surface area contributed by atoms with Crippen molar-refractivity contribution in [1.29, 1.82) is 0 Å². The Balaban J connectivity index is 1.50. The van der Waals surface area contributed by atoms with Crippen LogP contribution in [0, 0.1) is 0 Å². The summed E-state index contributed by atoms with van der Waals surface area (Å²) in [5.74, 6) is 1.27. The van der Waals surface area contributed by atoms with E-state index in [1.54, 1.807) is 0 Å². The molecule has 6 heteroatoms. The molecule has 0 bridgehead atoms. The summed E-state index contributed by atoms with van der Waals surface area (Å²) in [6, 6.07) is 10.0. The van der Waals surface area contributed by atoms with Crippen LogP contribution in [0.1, 0.15) is 39.0 Å². The van der Waals surface area contributed by atoms with Gasteiger partial charge in [0.1, 0.15) is 0 Å². The molecule has 1 aliphatic carbocycles. The van der Waals surface area contributed by atoms with Gasteiger partial charge in [-0.2, -0.15) is 0 Å². The molecular weight excluding hydrogens is 344 g/mol. The fraction of sp³-hybridized carbons (Fsp3) is 0.450. The third-order valence-electron chi connectivity index (χ3n) is 4.55. The molecule has 0 radical (unpaired) electrons. The molecule has 1 N–H and O–H groups in total. The summed E-state index contributed by atoms with van der Waals surface area (Å²) in [5.41, 5.74) is 2.53. The van der Waals surface area contributed by atoms with Gasteiger partial charge in [0.15, 0.2) is 11.0 Å². The molecule has 0 aliphatic heterocycles. The van der Waals surface area contributed by atoms with Gasteiger partial charge in [-0.25, -0.2) is 0 Å². The van der Waals surface area contributed by atoms with Crippen molar-refractivity contribution in [1.82, 2.24) is 20.1 Å². The zero-order valence-corrected chi connectivity index (χ0v) is 16.1. The largest absolute Gasteiger partial charge is 0.355 e. The molecule has 0 spiro atoms. The van der Waals surface area contributed by atoms with Gasteiger partial charge in [-0.1, -0.05) is 53.7 Å². The first kappa shape index (κ1) is 18.7. The van der Waals surface area contributed by atoms with E-state index >= 15 is 0 Å². The number of nitrogens with one attached hydrogen (secondary N) is 1. The van der Waals surface area contributed by atoms with E-state index in [-0.39, 0.29) is 5.91 Å². The summed E-state index contributed by atoms with van der Waals surface area (Å²) in [7, 11) is 0. The van der Waals surface area contributed by atoms with Crippen LogP contribution >= 0.6 is 11.8 Å². The molecule has 2 aromatic rings. The van der Waals surface area contributed by atoms with Crippen molar-refractivity contribution in [2.24, 2.45) is 0 Å². The highest BCUT2D eigenvalue weighted by molar-refractivity contribution is 7.99. The van der Waals surface area contributed by atoms with Crippen LogP contribution in [-0.2, 0) is 11.3 Å². The Bertz CT molecular complexity index is 754. The van der Waals surface area contributed by atoms with E-state index in [2.05, 4.69) is 33.1 Å². The van der Waals surface area contributed by atoms with Crippen LogP contribution in [0.3, 0.4) is 0 Å². The Morgan fingerprint density at radius 2 is 2.08 bits per heavy atom. The maximum atomic E-state index is 12.1. The van der Waals surface area contributed by atoms with Gasteiger partial charge in [-0.3, -0.25) is 4.79 Å². The van der Waals surface area contributed by atoms with Gasteiger partial charge in [0.05, 0.1) is 5.75 Å². The second-order valence-corrected chi connectivity index (χ2v) is 7.36. The zero-order chi connectivity index (χ0) is 18.2. The van der Waals surface area contributed by atoms with Gasteiger partial charge >= 0.3 is 0 Å².